The molecule has 74 valence electrons. The van der Waals surface area contributed by atoms with E-state index in [2.05, 4.69) is 62.3 Å². The van der Waals surface area contributed by atoms with Crippen LogP contribution >= 0.6 is 0 Å². The molecule has 1 rings (SSSR count). The minimum Gasteiger partial charge on any atom is -0.330 e. The molecule has 0 fully saturated rings. The summed E-state index contributed by atoms with van der Waals surface area (Å²) in [4.78, 5) is 0. The summed E-state index contributed by atoms with van der Waals surface area (Å²) in [5, 5.41) is 0. The molecule has 0 aliphatic heterocycles. The molecule has 0 N–H and O–H groups in total. The van der Waals surface area contributed by atoms with Gasteiger partial charge in [0.25, 0.3) is 0 Å². The number of rotatable bonds is 2. The molecule has 0 bridgehead atoms. The normalized spacial score (nSPS) is 9.87. The zero-order valence-corrected chi connectivity index (χ0v) is 11.4. The number of allylic oxidation sites excluding steroid dienone is 1. The molecule has 0 unspecified atom stereocenters. The van der Waals surface area contributed by atoms with Crippen molar-refractivity contribution in [2.24, 2.45) is 0 Å². The zero-order valence-electron chi connectivity index (χ0n) is 10.4. The predicted octanol–water partition coefficient (Wildman–Crippen LogP) is 0.930. The largest absolute Gasteiger partial charge is 1.00 e. The summed E-state index contributed by atoms with van der Waals surface area (Å²) >= 11 is 0. The van der Waals surface area contributed by atoms with E-state index in [1.807, 2.05) is 6.07 Å². The van der Waals surface area contributed by atoms with Crippen LogP contribution in [-0.4, -0.2) is 8.07 Å². The van der Waals surface area contributed by atoms with Crippen LogP contribution in [0.25, 0.3) is 5.57 Å². The fraction of sp³-hybridized carbons (Fsp3) is 0.308. The van der Waals surface area contributed by atoms with Gasteiger partial charge in [-0.3, -0.25) is 0 Å². The first-order valence-electron chi connectivity index (χ1n) is 4.91. The van der Waals surface area contributed by atoms with Crippen LogP contribution in [0, 0.1) is 5.70 Å². The Balaban J connectivity index is 0.00000196. The van der Waals surface area contributed by atoms with Crippen LogP contribution in [-0.2, 0) is 0 Å². The van der Waals surface area contributed by atoms with E-state index in [0.29, 0.717) is 0 Å². The van der Waals surface area contributed by atoms with E-state index in [1.54, 1.807) is 0 Å². The van der Waals surface area contributed by atoms with E-state index >= 15 is 0 Å². The molecule has 2 heteroatoms. The molecule has 0 atom stereocenters. The predicted molar refractivity (Wildman–Crippen MR) is 65.6 cm³/mol. The quantitative estimate of drug-likeness (QED) is 0.385. The Kier molecular flexibility index (Phi) is 6.02. The maximum absolute atomic E-state index is 3.37. The summed E-state index contributed by atoms with van der Waals surface area (Å²) in [5.74, 6) is 0. The Morgan fingerprint density at radius 3 is 2.13 bits per heavy atom. The third-order valence-electron chi connectivity index (χ3n) is 1.83. The van der Waals surface area contributed by atoms with Gasteiger partial charge in [-0.2, -0.15) is 5.57 Å². The third-order valence-corrected chi connectivity index (χ3v) is 2.71. The summed E-state index contributed by atoms with van der Waals surface area (Å²) in [6, 6.07) is 10.3. The van der Waals surface area contributed by atoms with Gasteiger partial charge in [-0.1, -0.05) is 62.5 Å². The van der Waals surface area contributed by atoms with Crippen molar-refractivity contribution in [3.8, 4) is 0 Å². The van der Waals surface area contributed by atoms with Crippen molar-refractivity contribution in [1.82, 2.24) is 0 Å². The second kappa shape index (κ2) is 6.21. The average molecular weight is 208 g/mol. The molecule has 15 heavy (non-hydrogen) atoms. The summed E-state index contributed by atoms with van der Waals surface area (Å²) in [6.07, 6.45) is 0. The van der Waals surface area contributed by atoms with E-state index in [4.69, 9.17) is 0 Å². The number of benzene rings is 1. The van der Waals surface area contributed by atoms with Crippen LogP contribution in [0.5, 0.6) is 0 Å². The smallest absolute Gasteiger partial charge is 0.330 e. The van der Waals surface area contributed by atoms with Gasteiger partial charge in [0.2, 0.25) is 0 Å². The Hall–Kier alpha value is -0.446. The topological polar surface area (TPSA) is 0 Å². The summed E-state index contributed by atoms with van der Waals surface area (Å²) in [6.45, 7) is 8.87. The van der Waals surface area contributed by atoms with Crippen molar-refractivity contribution in [2.45, 2.75) is 26.6 Å². The Morgan fingerprint density at radius 2 is 1.67 bits per heavy atom. The number of hydrogen-bond acceptors (Lipinski definition) is 0. The van der Waals surface area contributed by atoms with Gasteiger partial charge >= 0.3 is 18.9 Å². The second-order valence-corrected chi connectivity index (χ2v) is 9.24. The fourth-order valence-electron chi connectivity index (χ4n) is 1.04. The first kappa shape index (κ1) is 14.6. The molecule has 0 nitrogen and oxygen atoms in total. The molecule has 0 aliphatic carbocycles. The van der Waals surface area contributed by atoms with E-state index < -0.39 is 8.07 Å². The van der Waals surface area contributed by atoms with Gasteiger partial charge < -0.3 is 5.73 Å². The van der Waals surface area contributed by atoms with Crippen LogP contribution in [0.3, 0.4) is 0 Å². The molecule has 0 heterocycles. The first-order valence-corrected chi connectivity index (χ1v) is 8.41. The summed E-state index contributed by atoms with van der Waals surface area (Å²) in [5.41, 5.74) is 9.05. The van der Waals surface area contributed by atoms with Gasteiger partial charge in [0, 0.05) is 0 Å². The van der Waals surface area contributed by atoms with Crippen LogP contribution in [0.1, 0.15) is 12.5 Å². The first-order chi connectivity index (χ1) is 6.49. The van der Waals surface area contributed by atoms with Gasteiger partial charge in [-0.05, 0) is 8.07 Å². The third kappa shape index (κ3) is 5.87. The van der Waals surface area contributed by atoms with Gasteiger partial charge in [0.15, 0.2) is 0 Å². The average Bonchev–Trinajstić information content (AvgIpc) is 2.14. The van der Waals surface area contributed by atoms with Crippen molar-refractivity contribution in [3.63, 3.8) is 0 Å². The van der Waals surface area contributed by atoms with Gasteiger partial charge in [-0.25, -0.2) is 5.70 Å². The molecule has 0 saturated carbocycles. The molecule has 0 amide bonds. The SMILES string of the molecule is CC(=C=[C-][Si](C)(C)C)c1ccccc1.[Li+]. The van der Waals surface area contributed by atoms with Crippen molar-refractivity contribution < 1.29 is 18.9 Å². The molecule has 0 saturated heterocycles. The molecular formula is C13H17LiSi. The van der Waals surface area contributed by atoms with E-state index in [1.165, 1.54) is 11.1 Å². The molecular weight excluding hydrogens is 191 g/mol. The van der Waals surface area contributed by atoms with Gasteiger partial charge in [-0.15, -0.1) is 0 Å². The van der Waals surface area contributed by atoms with Crippen LogP contribution in [0.4, 0.5) is 0 Å². The molecule has 0 spiro atoms. The maximum Gasteiger partial charge on any atom is 1.00 e. The van der Waals surface area contributed by atoms with Crippen LogP contribution in [0.15, 0.2) is 36.1 Å². The van der Waals surface area contributed by atoms with E-state index in [-0.39, 0.29) is 18.9 Å². The van der Waals surface area contributed by atoms with E-state index in [9.17, 15) is 0 Å². The fourth-order valence-corrected chi connectivity index (χ4v) is 1.60. The molecule has 0 radical (unpaired) electrons. The molecule has 1 aromatic carbocycles. The minimum absolute atomic E-state index is 0. The Labute approximate surface area is 106 Å². The standard InChI is InChI=1S/C13H17Si.Li/c1-12(10-11-14(2,3)4)13-8-6-5-7-9-13;/h5-9H,1-4H3;/q-1;+1. The Morgan fingerprint density at radius 1 is 1.13 bits per heavy atom. The minimum atomic E-state index is -1.23. The van der Waals surface area contributed by atoms with Gasteiger partial charge in [0.1, 0.15) is 0 Å². The molecule has 0 aromatic heterocycles. The Bertz CT molecular complexity index is 354. The summed E-state index contributed by atoms with van der Waals surface area (Å²) in [7, 11) is -1.23. The second-order valence-electron chi connectivity index (χ2n) is 4.49. The van der Waals surface area contributed by atoms with Crippen LogP contribution in [0.2, 0.25) is 19.6 Å². The monoisotopic (exact) mass is 208 g/mol. The van der Waals surface area contributed by atoms with Crippen molar-refractivity contribution >= 4 is 13.6 Å². The molecule has 1 aromatic rings. The van der Waals surface area contributed by atoms with Crippen LogP contribution < -0.4 is 18.9 Å². The van der Waals surface area contributed by atoms with Crippen molar-refractivity contribution in [1.29, 1.82) is 0 Å². The molecule has 0 aliphatic rings. The van der Waals surface area contributed by atoms with Crippen molar-refractivity contribution in [2.75, 3.05) is 0 Å². The summed E-state index contributed by atoms with van der Waals surface area (Å²) < 4.78 is 0. The number of hydrogen-bond donors (Lipinski definition) is 0. The maximum atomic E-state index is 3.37. The van der Waals surface area contributed by atoms with Gasteiger partial charge in [0.05, 0.1) is 0 Å². The zero-order chi connectivity index (χ0) is 10.6. The van der Waals surface area contributed by atoms with Crippen molar-refractivity contribution in [3.05, 3.63) is 47.3 Å². The van der Waals surface area contributed by atoms with E-state index in [0.717, 1.165) is 0 Å².